The van der Waals surface area contributed by atoms with Gasteiger partial charge in [-0.15, -0.1) is 9.96 Å². The molecule has 0 aliphatic carbocycles. The lowest BCUT2D eigenvalue weighted by Crippen LogP contribution is -2.27. The monoisotopic (exact) mass is 325 g/mol. The Morgan fingerprint density at radius 2 is 1.22 bits per heavy atom. The molecule has 0 fully saturated rings. The fourth-order valence-corrected chi connectivity index (χ4v) is 3.02. The van der Waals surface area contributed by atoms with Gasteiger partial charge in [0, 0.05) is 23.2 Å². The molecule has 0 atom stereocenters. The zero-order valence-electron chi connectivity index (χ0n) is 14.2. The van der Waals surface area contributed by atoms with E-state index in [4.69, 9.17) is 0 Å². The largest absolute Gasteiger partial charge is 0.235 e. The first-order valence-electron chi connectivity index (χ1n) is 7.97. The molecule has 0 saturated heterocycles. The Labute approximate surface area is 141 Å². The molecule has 4 heteroatoms. The Morgan fingerprint density at radius 1 is 0.783 bits per heavy atom. The Balaban J connectivity index is 2.35. The summed E-state index contributed by atoms with van der Waals surface area (Å²) in [5.74, 6) is 0. The Kier molecular flexibility index (Phi) is 6.64. The molecule has 23 heavy (non-hydrogen) atoms. The van der Waals surface area contributed by atoms with Crippen LogP contribution in [-0.2, 0) is 0 Å². The van der Waals surface area contributed by atoms with E-state index in [1.54, 1.807) is 0 Å². The zero-order chi connectivity index (χ0) is 16.7. The van der Waals surface area contributed by atoms with Crippen LogP contribution in [0.4, 0.5) is 0 Å². The highest BCUT2D eigenvalue weighted by atomic mass is 31.1. The minimum absolute atomic E-state index is 0.438. The summed E-state index contributed by atoms with van der Waals surface area (Å²) < 4.78 is 2.29. The van der Waals surface area contributed by atoms with E-state index in [0.29, 0.717) is 12.1 Å². The molecular weight excluding hydrogens is 301 g/mol. The topological polar surface area (TPSA) is 28.0 Å². The van der Waals surface area contributed by atoms with Crippen molar-refractivity contribution in [2.45, 2.75) is 39.8 Å². The molecule has 0 radical (unpaired) electrons. The maximum atomic E-state index is 4.56. The van der Waals surface area contributed by atoms with E-state index >= 15 is 0 Å². The minimum atomic E-state index is 0.438. The molecule has 0 unspecified atom stereocenters. The van der Waals surface area contributed by atoms with Crippen LogP contribution in [-0.4, -0.2) is 22.5 Å². The van der Waals surface area contributed by atoms with E-state index < -0.39 is 0 Å². The molecule has 120 valence electrons. The van der Waals surface area contributed by atoms with Crippen LogP contribution in [0.2, 0.25) is 0 Å². The molecule has 0 N–H and O–H groups in total. The van der Waals surface area contributed by atoms with Crippen molar-refractivity contribution in [2.24, 2.45) is 9.96 Å². The quantitative estimate of drug-likeness (QED) is 0.386. The Bertz CT molecular complexity index is 599. The first-order chi connectivity index (χ1) is 11.1. The van der Waals surface area contributed by atoms with Gasteiger partial charge in [0.05, 0.1) is 0 Å². The lowest BCUT2D eigenvalue weighted by atomic mass is 10.0. The van der Waals surface area contributed by atoms with Crippen LogP contribution < -0.4 is 0 Å². The van der Waals surface area contributed by atoms with Crippen molar-refractivity contribution >= 4 is 14.2 Å². The van der Waals surface area contributed by atoms with Crippen LogP contribution in [0.15, 0.2) is 70.6 Å². The van der Waals surface area contributed by atoms with Gasteiger partial charge in [-0.05, 0) is 27.7 Å². The number of nitrogens with zero attached hydrogens (tertiary/aromatic N) is 3. The average molecular weight is 325 g/mol. The fraction of sp³-hybridized carbons (Fsp3) is 0.316. The van der Waals surface area contributed by atoms with Crippen molar-refractivity contribution in [3.8, 4) is 0 Å². The molecule has 0 amide bonds. The molecule has 2 rings (SSSR count). The summed E-state index contributed by atoms with van der Waals surface area (Å²) in [6.45, 7) is 8.73. The van der Waals surface area contributed by atoms with Gasteiger partial charge in [-0.2, -0.15) is 0 Å². The minimum Gasteiger partial charge on any atom is -0.235 e. The Morgan fingerprint density at radius 3 is 1.61 bits per heavy atom. The van der Waals surface area contributed by atoms with Crippen molar-refractivity contribution in [1.29, 1.82) is 0 Å². The molecule has 3 nitrogen and oxygen atoms in total. The lowest BCUT2D eigenvalue weighted by molar-refractivity contribution is 0.331. The summed E-state index contributed by atoms with van der Waals surface area (Å²) in [6.07, 6.45) is 0. The maximum absolute atomic E-state index is 4.56. The predicted molar refractivity (Wildman–Crippen MR) is 100.0 cm³/mol. The molecule has 0 bridgehead atoms. The van der Waals surface area contributed by atoms with Crippen LogP contribution in [0.1, 0.15) is 38.8 Å². The van der Waals surface area contributed by atoms with E-state index in [0.717, 1.165) is 25.4 Å². The second-order valence-electron chi connectivity index (χ2n) is 5.93. The molecule has 0 aliphatic heterocycles. The summed E-state index contributed by atoms with van der Waals surface area (Å²) in [5, 5.41) is 4.56. The number of hydrogen-bond donors (Lipinski definition) is 0. The average Bonchev–Trinajstić information content (AvgIpc) is 2.56. The van der Waals surface area contributed by atoms with Crippen molar-refractivity contribution in [1.82, 2.24) is 4.67 Å². The fourth-order valence-electron chi connectivity index (χ4n) is 2.39. The molecule has 0 heterocycles. The van der Waals surface area contributed by atoms with Crippen LogP contribution in [0, 0.1) is 0 Å². The van der Waals surface area contributed by atoms with Gasteiger partial charge in [0.25, 0.3) is 0 Å². The van der Waals surface area contributed by atoms with Crippen LogP contribution >= 0.6 is 8.52 Å². The van der Waals surface area contributed by atoms with E-state index in [-0.39, 0.29) is 0 Å². The summed E-state index contributed by atoms with van der Waals surface area (Å²) in [7, 11) is 0.882. The van der Waals surface area contributed by atoms with Gasteiger partial charge in [0.15, 0.2) is 0 Å². The number of hydrogen-bond acceptors (Lipinski definition) is 1. The van der Waals surface area contributed by atoms with Gasteiger partial charge in [-0.3, -0.25) is 0 Å². The van der Waals surface area contributed by atoms with E-state index in [9.17, 15) is 0 Å². The second-order valence-corrected chi connectivity index (χ2v) is 6.75. The van der Waals surface area contributed by atoms with E-state index in [2.05, 4.69) is 66.6 Å². The molecular formula is C19H24N3P. The van der Waals surface area contributed by atoms with Crippen molar-refractivity contribution in [3.05, 3.63) is 71.8 Å². The smallest absolute Gasteiger partial charge is 0.125 e. The third kappa shape index (κ3) is 5.09. The summed E-state index contributed by atoms with van der Waals surface area (Å²) in [5.41, 5.74) is 3.07. The SMILES string of the molecule is CC(C)N(P=NN=C(c1ccccc1)c1ccccc1)C(C)C. The van der Waals surface area contributed by atoms with Gasteiger partial charge in [-0.25, -0.2) is 4.67 Å². The van der Waals surface area contributed by atoms with E-state index in [1.807, 2.05) is 36.4 Å². The maximum Gasteiger partial charge on any atom is 0.125 e. The Hall–Kier alpha value is -1.83. The van der Waals surface area contributed by atoms with Crippen LogP contribution in [0.25, 0.3) is 0 Å². The van der Waals surface area contributed by atoms with Crippen molar-refractivity contribution in [3.63, 3.8) is 0 Å². The van der Waals surface area contributed by atoms with Crippen LogP contribution in [0.3, 0.4) is 0 Å². The van der Waals surface area contributed by atoms with Gasteiger partial charge in [-0.1, -0.05) is 60.7 Å². The third-order valence-electron chi connectivity index (χ3n) is 3.44. The molecule has 0 spiro atoms. The highest BCUT2D eigenvalue weighted by Crippen LogP contribution is 2.20. The van der Waals surface area contributed by atoms with Gasteiger partial charge >= 0.3 is 0 Å². The van der Waals surface area contributed by atoms with Crippen molar-refractivity contribution < 1.29 is 0 Å². The summed E-state index contributed by atoms with van der Waals surface area (Å²) >= 11 is 0. The summed E-state index contributed by atoms with van der Waals surface area (Å²) in [6, 6.07) is 21.3. The molecule has 0 aliphatic rings. The zero-order valence-corrected chi connectivity index (χ0v) is 15.1. The van der Waals surface area contributed by atoms with Crippen molar-refractivity contribution in [2.75, 3.05) is 0 Å². The highest BCUT2D eigenvalue weighted by molar-refractivity contribution is 7.23. The van der Waals surface area contributed by atoms with Gasteiger partial charge < -0.3 is 0 Å². The third-order valence-corrected chi connectivity index (χ3v) is 4.74. The lowest BCUT2D eigenvalue weighted by Gasteiger charge is -2.23. The van der Waals surface area contributed by atoms with Gasteiger partial charge in [0.1, 0.15) is 14.2 Å². The molecule has 0 aromatic heterocycles. The van der Waals surface area contributed by atoms with Crippen LogP contribution in [0.5, 0.6) is 0 Å². The number of rotatable bonds is 6. The standard InChI is InChI=1S/C19H24N3P/c1-15(2)22(16(3)4)23-21-20-19(17-11-7-5-8-12-17)18-13-9-6-10-14-18/h5-16H,1-4H3. The predicted octanol–water partition coefficient (Wildman–Crippen LogP) is 5.60. The second kappa shape index (κ2) is 8.71. The van der Waals surface area contributed by atoms with Gasteiger partial charge in [0.2, 0.25) is 0 Å². The molecule has 0 saturated carbocycles. The molecule has 2 aromatic carbocycles. The first-order valence-corrected chi connectivity index (χ1v) is 8.77. The normalized spacial score (nSPS) is 11.6. The highest BCUT2D eigenvalue weighted by Gasteiger charge is 2.11. The number of benzene rings is 2. The summed E-state index contributed by atoms with van der Waals surface area (Å²) in [4.78, 5) is 4.45. The first kappa shape index (κ1) is 17.5. The van der Waals surface area contributed by atoms with E-state index in [1.165, 1.54) is 0 Å². The molecule has 2 aromatic rings.